The van der Waals surface area contributed by atoms with Crippen LogP contribution in [-0.2, 0) is 5.41 Å². The highest BCUT2D eigenvalue weighted by Gasteiger charge is 2.27. The molecule has 0 spiro atoms. The molecule has 0 bridgehead atoms. The van der Waals surface area contributed by atoms with Crippen LogP contribution in [0.4, 0.5) is 5.88 Å². The molecule has 0 radical (unpaired) electrons. The molecule has 2 aromatic rings. The monoisotopic (exact) mass is 342 g/mol. The largest absolute Gasteiger partial charge is 0.468 e. The second-order valence-electron chi connectivity index (χ2n) is 7.57. The highest BCUT2D eigenvalue weighted by Crippen LogP contribution is 2.29. The molecule has 1 saturated heterocycles. The average Bonchev–Trinajstić information content (AvgIpc) is 3.25. The van der Waals surface area contributed by atoms with Crippen LogP contribution in [0.15, 0.2) is 27.2 Å². The summed E-state index contributed by atoms with van der Waals surface area (Å²) in [4.78, 5) is 6.76. The maximum atomic E-state index is 9.35. The van der Waals surface area contributed by atoms with Crippen LogP contribution in [0.25, 0.3) is 0 Å². The summed E-state index contributed by atoms with van der Waals surface area (Å²) in [6.07, 6.45) is 5.40. The molecule has 1 fully saturated rings. The zero-order chi connectivity index (χ0) is 17.9. The number of rotatable bonds is 5. The molecule has 1 N–H and O–H groups in total. The van der Waals surface area contributed by atoms with Crippen molar-refractivity contribution in [3.63, 3.8) is 0 Å². The third-order valence-electron chi connectivity index (χ3n) is 4.53. The van der Waals surface area contributed by atoms with Crippen LogP contribution in [-0.4, -0.2) is 29.5 Å². The van der Waals surface area contributed by atoms with Gasteiger partial charge in [-0.15, -0.1) is 0 Å². The van der Waals surface area contributed by atoms with Gasteiger partial charge >= 0.3 is 0 Å². The maximum absolute atomic E-state index is 9.35. The van der Waals surface area contributed by atoms with Gasteiger partial charge in [-0.1, -0.05) is 27.2 Å². The highest BCUT2D eigenvalue weighted by molar-refractivity contribution is 5.46. The van der Waals surface area contributed by atoms with Crippen LogP contribution in [0, 0.1) is 11.3 Å². The predicted molar refractivity (Wildman–Crippen MR) is 95.3 cm³/mol. The van der Waals surface area contributed by atoms with Gasteiger partial charge in [0.25, 0.3) is 0 Å². The van der Waals surface area contributed by atoms with Crippen LogP contribution >= 0.6 is 0 Å². The second-order valence-corrected chi connectivity index (χ2v) is 7.57. The maximum Gasteiger partial charge on any atom is 0.232 e. The van der Waals surface area contributed by atoms with Gasteiger partial charge in [0.15, 0.2) is 0 Å². The van der Waals surface area contributed by atoms with Crippen molar-refractivity contribution >= 4 is 5.88 Å². The topological polar surface area (TPSA) is 78.2 Å². The van der Waals surface area contributed by atoms with Crippen molar-refractivity contribution in [3.8, 4) is 6.07 Å². The number of nitriles is 1. The fraction of sp³-hybridized carbons (Fsp3) is 0.579. The number of aromatic nitrogens is 1. The third-order valence-corrected chi connectivity index (χ3v) is 4.53. The van der Waals surface area contributed by atoms with E-state index in [1.54, 1.807) is 6.26 Å². The van der Waals surface area contributed by atoms with Crippen molar-refractivity contribution in [2.24, 2.45) is 0 Å². The first-order valence-corrected chi connectivity index (χ1v) is 8.92. The van der Waals surface area contributed by atoms with Crippen molar-refractivity contribution in [3.05, 3.63) is 35.7 Å². The first-order valence-electron chi connectivity index (χ1n) is 8.92. The summed E-state index contributed by atoms with van der Waals surface area (Å²) in [5.41, 5.74) is 0.0699. The summed E-state index contributed by atoms with van der Waals surface area (Å²) in [5, 5.41) is 12.6. The van der Waals surface area contributed by atoms with Gasteiger partial charge in [-0.25, -0.2) is 0 Å². The first-order chi connectivity index (χ1) is 12.0. The molecule has 0 unspecified atom stereocenters. The molecular weight excluding hydrogens is 316 g/mol. The minimum Gasteiger partial charge on any atom is -0.468 e. The van der Waals surface area contributed by atoms with Gasteiger partial charge in [-0.2, -0.15) is 10.2 Å². The van der Waals surface area contributed by atoms with Gasteiger partial charge in [0.2, 0.25) is 17.5 Å². The van der Waals surface area contributed by atoms with E-state index in [0.717, 1.165) is 18.8 Å². The molecule has 3 heterocycles. The lowest BCUT2D eigenvalue weighted by molar-refractivity contribution is 0.152. The summed E-state index contributed by atoms with van der Waals surface area (Å²) >= 11 is 0. The van der Waals surface area contributed by atoms with E-state index in [0.29, 0.717) is 24.0 Å². The number of hydrogen-bond acceptors (Lipinski definition) is 6. The van der Waals surface area contributed by atoms with Gasteiger partial charge in [-0.05, 0) is 38.1 Å². The van der Waals surface area contributed by atoms with E-state index < -0.39 is 0 Å². The fourth-order valence-electron chi connectivity index (χ4n) is 3.15. The minimum atomic E-state index is -0.237. The van der Waals surface area contributed by atoms with Crippen LogP contribution in [0.2, 0.25) is 0 Å². The molecule has 134 valence electrons. The predicted octanol–water partition coefficient (Wildman–Crippen LogP) is 4.08. The van der Waals surface area contributed by atoms with E-state index in [1.165, 1.54) is 19.3 Å². The van der Waals surface area contributed by atoms with Crippen molar-refractivity contribution in [1.29, 1.82) is 5.26 Å². The Morgan fingerprint density at radius 3 is 2.68 bits per heavy atom. The van der Waals surface area contributed by atoms with E-state index in [9.17, 15) is 5.26 Å². The third kappa shape index (κ3) is 4.05. The zero-order valence-corrected chi connectivity index (χ0v) is 15.2. The Morgan fingerprint density at radius 2 is 2.08 bits per heavy atom. The van der Waals surface area contributed by atoms with Crippen molar-refractivity contribution in [1.82, 2.24) is 9.88 Å². The van der Waals surface area contributed by atoms with Crippen LogP contribution in [0.1, 0.15) is 63.4 Å². The van der Waals surface area contributed by atoms with Crippen molar-refractivity contribution < 1.29 is 8.83 Å². The van der Waals surface area contributed by atoms with Gasteiger partial charge in [-0.3, -0.25) is 4.90 Å². The Labute approximate surface area is 148 Å². The lowest BCUT2D eigenvalue weighted by Gasteiger charge is -2.33. The van der Waals surface area contributed by atoms with Crippen LogP contribution < -0.4 is 5.32 Å². The van der Waals surface area contributed by atoms with E-state index in [1.807, 2.05) is 32.9 Å². The van der Waals surface area contributed by atoms with Crippen molar-refractivity contribution in [2.45, 2.75) is 51.5 Å². The average molecular weight is 342 g/mol. The fourth-order valence-corrected chi connectivity index (χ4v) is 3.15. The molecule has 1 aliphatic heterocycles. The molecule has 3 rings (SSSR count). The Hall–Kier alpha value is -2.26. The number of piperidine rings is 1. The molecule has 1 atom stereocenters. The molecule has 25 heavy (non-hydrogen) atoms. The van der Waals surface area contributed by atoms with E-state index in [2.05, 4.69) is 21.3 Å². The summed E-state index contributed by atoms with van der Waals surface area (Å²) in [5.74, 6) is 1.95. The van der Waals surface area contributed by atoms with E-state index >= 15 is 0 Å². The lowest BCUT2D eigenvalue weighted by atomic mass is 9.97. The smallest absolute Gasteiger partial charge is 0.232 e. The summed E-state index contributed by atoms with van der Waals surface area (Å²) < 4.78 is 11.5. The Morgan fingerprint density at radius 1 is 1.32 bits per heavy atom. The molecule has 0 amide bonds. The number of furan rings is 1. The van der Waals surface area contributed by atoms with Gasteiger partial charge in [0, 0.05) is 12.0 Å². The Kier molecular flexibility index (Phi) is 5.14. The second kappa shape index (κ2) is 7.32. The summed E-state index contributed by atoms with van der Waals surface area (Å²) in [6.45, 7) is 8.78. The quantitative estimate of drug-likeness (QED) is 0.882. The molecule has 0 aliphatic carbocycles. The Bertz CT molecular complexity index is 716. The molecule has 6 heteroatoms. The molecule has 6 nitrogen and oxygen atoms in total. The molecule has 0 saturated carbocycles. The number of nitrogens with zero attached hydrogens (tertiary/aromatic N) is 3. The van der Waals surface area contributed by atoms with Crippen LogP contribution in [0.5, 0.6) is 0 Å². The SMILES string of the molecule is CC(C)(C)c1nc(C#N)c(NC[C@@H](c2ccco2)N2CCCCC2)o1. The number of likely N-dealkylation sites (tertiary alicyclic amines) is 1. The van der Waals surface area contributed by atoms with Crippen LogP contribution in [0.3, 0.4) is 0 Å². The van der Waals surface area contributed by atoms with Gasteiger partial charge in [0.05, 0.1) is 12.3 Å². The standard InChI is InChI=1S/C19H26N4O2/c1-19(2,3)18-22-14(12-20)17(25-18)21-13-15(16-8-7-11-24-16)23-9-5-4-6-10-23/h7-8,11,15,21H,4-6,9-10,13H2,1-3H3/t15-/m0/s1. The van der Waals surface area contributed by atoms with E-state index in [4.69, 9.17) is 8.83 Å². The molecule has 0 aromatic carbocycles. The number of oxazole rings is 1. The summed E-state index contributed by atoms with van der Waals surface area (Å²) in [6, 6.07) is 6.16. The number of anilines is 1. The van der Waals surface area contributed by atoms with Gasteiger partial charge in [0.1, 0.15) is 11.8 Å². The zero-order valence-electron chi connectivity index (χ0n) is 15.2. The van der Waals surface area contributed by atoms with E-state index in [-0.39, 0.29) is 11.5 Å². The summed E-state index contributed by atoms with van der Waals surface area (Å²) in [7, 11) is 0. The molecule has 1 aliphatic rings. The van der Waals surface area contributed by atoms with Gasteiger partial charge < -0.3 is 14.2 Å². The first kappa shape index (κ1) is 17.6. The minimum absolute atomic E-state index is 0.116. The number of hydrogen-bond donors (Lipinski definition) is 1. The highest BCUT2D eigenvalue weighted by atomic mass is 16.4. The Balaban J connectivity index is 1.77. The lowest BCUT2D eigenvalue weighted by Crippen LogP contribution is -2.37. The molecule has 2 aromatic heterocycles. The van der Waals surface area contributed by atoms with Crippen molar-refractivity contribution in [2.75, 3.05) is 25.0 Å². The molecular formula is C19H26N4O2. The number of nitrogens with one attached hydrogen (secondary N) is 1. The normalized spacial score (nSPS) is 17.2.